The van der Waals surface area contributed by atoms with Crippen LogP contribution in [0.1, 0.15) is 30.4 Å². The van der Waals surface area contributed by atoms with Crippen LogP contribution in [-0.2, 0) is 16.1 Å². The molecule has 1 saturated heterocycles. The second-order valence-corrected chi connectivity index (χ2v) is 5.30. The third-order valence-electron chi connectivity index (χ3n) is 3.67. The molecule has 0 saturated carbocycles. The highest BCUT2D eigenvalue weighted by atomic mass is 16.5. The van der Waals surface area contributed by atoms with E-state index in [0.717, 1.165) is 38.0 Å². The summed E-state index contributed by atoms with van der Waals surface area (Å²) in [4.78, 5) is 12.8. The Kier molecular flexibility index (Phi) is 5.73. The fourth-order valence-electron chi connectivity index (χ4n) is 2.54. The molecule has 0 spiro atoms. The minimum Gasteiger partial charge on any atom is -0.481 e. The number of carboxylic acid groups (broad SMARTS) is 1. The quantitative estimate of drug-likeness (QED) is 0.867. The van der Waals surface area contributed by atoms with Crippen LogP contribution in [0.15, 0.2) is 24.3 Å². The van der Waals surface area contributed by atoms with E-state index in [2.05, 4.69) is 11.0 Å². The van der Waals surface area contributed by atoms with Gasteiger partial charge in [0, 0.05) is 19.6 Å². The lowest BCUT2D eigenvalue weighted by atomic mass is 10.1. The van der Waals surface area contributed by atoms with E-state index in [1.165, 1.54) is 0 Å². The molecule has 0 aliphatic carbocycles. The summed E-state index contributed by atoms with van der Waals surface area (Å²) in [5.41, 5.74) is 1.85. The van der Waals surface area contributed by atoms with Crippen molar-refractivity contribution in [2.24, 2.45) is 0 Å². The Labute approximate surface area is 124 Å². The van der Waals surface area contributed by atoms with Crippen molar-refractivity contribution in [3.05, 3.63) is 35.4 Å². The predicted molar refractivity (Wildman–Crippen MR) is 77.7 cm³/mol. The molecule has 0 unspecified atom stereocenters. The summed E-state index contributed by atoms with van der Waals surface area (Å²) >= 11 is 0. The Hall–Kier alpha value is -1.90. The van der Waals surface area contributed by atoms with Crippen molar-refractivity contribution in [3.63, 3.8) is 0 Å². The molecule has 1 aromatic carbocycles. The standard InChI is InChI=1S/C16H20N2O3/c17-11-13-2-1-3-14(10-13)12-18-7-4-15(5-8-18)21-9-6-16(19)20/h1-3,10,15H,4-9,12H2,(H,19,20). The summed E-state index contributed by atoms with van der Waals surface area (Å²) < 4.78 is 5.58. The van der Waals surface area contributed by atoms with Crippen LogP contribution in [0.25, 0.3) is 0 Å². The first-order valence-electron chi connectivity index (χ1n) is 7.22. The van der Waals surface area contributed by atoms with Crippen molar-refractivity contribution in [1.82, 2.24) is 4.90 Å². The van der Waals surface area contributed by atoms with Crippen LogP contribution in [0.3, 0.4) is 0 Å². The highest BCUT2D eigenvalue weighted by Gasteiger charge is 2.19. The maximum atomic E-state index is 10.4. The number of likely N-dealkylation sites (tertiary alicyclic amines) is 1. The lowest BCUT2D eigenvalue weighted by Crippen LogP contribution is -2.36. The minimum atomic E-state index is -0.815. The van der Waals surface area contributed by atoms with Gasteiger partial charge >= 0.3 is 5.97 Å². The highest BCUT2D eigenvalue weighted by molar-refractivity contribution is 5.66. The van der Waals surface area contributed by atoms with E-state index in [1.807, 2.05) is 24.3 Å². The van der Waals surface area contributed by atoms with Gasteiger partial charge in [-0.3, -0.25) is 9.69 Å². The Morgan fingerprint density at radius 2 is 2.19 bits per heavy atom. The van der Waals surface area contributed by atoms with E-state index in [-0.39, 0.29) is 12.5 Å². The maximum Gasteiger partial charge on any atom is 0.305 e. The van der Waals surface area contributed by atoms with E-state index in [0.29, 0.717) is 12.2 Å². The predicted octanol–water partition coefficient (Wildman–Crippen LogP) is 2.01. The summed E-state index contributed by atoms with van der Waals surface area (Å²) in [6, 6.07) is 9.85. The molecule has 1 aliphatic heterocycles. The Bertz CT molecular complexity index is 516. The fraction of sp³-hybridized carbons (Fsp3) is 0.500. The van der Waals surface area contributed by atoms with Crippen LogP contribution >= 0.6 is 0 Å². The maximum absolute atomic E-state index is 10.4. The van der Waals surface area contributed by atoms with Crippen LogP contribution in [-0.4, -0.2) is 41.8 Å². The number of rotatable bonds is 6. The van der Waals surface area contributed by atoms with Crippen LogP contribution in [0.5, 0.6) is 0 Å². The number of nitriles is 1. The van der Waals surface area contributed by atoms with Gasteiger partial charge in [0.2, 0.25) is 0 Å². The molecule has 1 heterocycles. The van der Waals surface area contributed by atoms with E-state index in [4.69, 9.17) is 15.1 Å². The molecule has 5 heteroatoms. The Morgan fingerprint density at radius 3 is 2.86 bits per heavy atom. The SMILES string of the molecule is N#Cc1cccc(CN2CCC(OCCC(=O)O)CC2)c1. The zero-order chi connectivity index (χ0) is 15.1. The van der Waals surface area contributed by atoms with E-state index < -0.39 is 5.97 Å². The molecule has 0 atom stereocenters. The molecule has 0 bridgehead atoms. The van der Waals surface area contributed by atoms with E-state index >= 15 is 0 Å². The summed E-state index contributed by atoms with van der Waals surface area (Å²) in [7, 11) is 0. The first-order valence-corrected chi connectivity index (χ1v) is 7.22. The average Bonchev–Trinajstić information content (AvgIpc) is 2.49. The molecule has 5 nitrogen and oxygen atoms in total. The van der Waals surface area contributed by atoms with Gasteiger partial charge in [0.1, 0.15) is 0 Å². The van der Waals surface area contributed by atoms with Crippen LogP contribution in [0, 0.1) is 11.3 Å². The zero-order valence-electron chi connectivity index (χ0n) is 12.0. The van der Waals surface area contributed by atoms with Gasteiger partial charge in [0.15, 0.2) is 0 Å². The molecule has 1 N–H and O–H groups in total. The number of hydrogen-bond acceptors (Lipinski definition) is 4. The summed E-state index contributed by atoms with van der Waals surface area (Å²) in [6.45, 7) is 3.02. The smallest absolute Gasteiger partial charge is 0.305 e. The van der Waals surface area contributed by atoms with Gasteiger partial charge in [-0.1, -0.05) is 12.1 Å². The molecule has 0 radical (unpaired) electrons. The van der Waals surface area contributed by atoms with Crippen molar-refractivity contribution in [2.45, 2.75) is 31.9 Å². The van der Waals surface area contributed by atoms with Gasteiger partial charge in [-0.2, -0.15) is 5.26 Å². The number of ether oxygens (including phenoxy) is 1. The van der Waals surface area contributed by atoms with Gasteiger partial charge in [0.05, 0.1) is 30.8 Å². The normalized spacial score (nSPS) is 16.5. The van der Waals surface area contributed by atoms with Crippen molar-refractivity contribution >= 4 is 5.97 Å². The fourth-order valence-corrected chi connectivity index (χ4v) is 2.54. The Balaban J connectivity index is 1.74. The number of hydrogen-bond donors (Lipinski definition) is 1. The first kappa shape index (κ1) is 15.5. The van der Waals surface area contributed by atoms with E-state index in [9.17, 15) is 4.79 Å². The molecular weight excluding hydrogens is 268 g/mol. The summed E-state index contributed by atoms with van der Waals surface area (Å²) in [5.74, 6) is -0.815. The second-order valence-electron chi connectivity index (χ2n) is 5.30. The molecule has 2 rings (SSSR count). The molecule has 1 aromatic rings. The zero-order valence-corrected chi connectivity index (χ0v) is 12.0. The van der Waals surface area contributed by atoms with Crippen molar-refractivity contribution in [3.8, 4) is 6.07 Å². The molecule has 0 aromatic heterocycles. The number of piperidine rings is 1. The summed E-state index contributed by atoms with van der Waals surface area (Å²) in [5, 5.41) is 17.5. The number of carboxylic acids is 1. The number of aliphatic carboxylic acids is 1. The minimum absolute atomic E-state index is 0.0706. The molecule has 0 amide bonds. The van der Waals surface area contributed by atoms with Gasteiger partial charge in [0.25, 0.3) is 0 Å². The highest BCUT2D eigenvalue weighted by Crippen LogP contribution is 2.17. The lowest BCUT2D eigenvalue weighted by molar-refractivity contribution is -0.138. The number of benzene rings is 1. The van der Waals surface area contributed by atoms with Crippen LogP contribution < -0.4 is 0 Å². The third-order valence-corrected chi connectivity index (χ3v) is 3.67. The number of nitrogens with zero attached hydrogens (tertiary/aromatic N) is 2. The monoisotopic (exact) mass is 288 g/mol. The molecule has 1 aliphatic rings. The van der Waals surface area contributed by atoms with Crippen LogP contribution in [0.4, 0.5) is 0 Å². The van der Waals surface area contributed by atoms with Crippen molar-refractivity contribution < 1.29 is 14.6 Å². The molecular formula is C16H20N2O3. The first-order chi connectivity index (χ1) is 10.2. The molecule has 1 fully saturated rings. The second kappa shape index (κ2) is 7.77. The topological polar surface area (TPSA) is 73.6 Å². The van der Waals surface area contributed by atoms with E-state index in [1.54, 1.807) is 0 Å². The van der Waals surface area contributed by atoms with Crippen LogP contribution in [0.2, 0.25) is 0 Å². The van der Waals surface area contributed by atoms with Crippen molar-refractivity contribution in [2.75, 3.05) is 19.7 Å². The van der Waals surface area contributed by atoms with Crippen molar-refractivity contribution in [1.29, 1.82) is 5.26 Å². The van der Waals surface area contributed by atoms with Gasteiger partial charge in [-0.05, 0) is 30.5 Å². The number of carbonyl (C=O) groups is 1. The van der Waals surface area contributed by atoms with Gasteiger partial charge < -0.3 is 9.84 Å². The van der Waals surface area contributed by atoms with Gasteiger partial charge in [-0.15, -0.1) is 0 Å². The molecule has 21 heavy (non-hydrogen) atoms. The summed E-state index contributed by atoms with van der Waals surface area (Å²) in [6.07, 6.45) is 2.10. The Morgan fingerprint density at radius 1 is 1.43 bits per heavy atom. The molecule has 112 valence electrons. The largest absolute Gasteiger partial charge is 0.481 e. The lowest BCUT2D eigenvalue weighted by Gasteiger charge is -2.31. The van der Waals surface area contributed by atoms with Gasteiger partial charge in [-0.25, -0.2) is 0 Å². The third kappa shape index (κ3) is 5.18. The average molecular weight is 288 g/mol.